The van der Waals surface area contributed by atoms with E-state index in [9.17, 15) is 24.0 Å². The molecular weight excluding hydrogens is 855 g/mol. The second-order valence-electron chi connectivity index (χ2n) is 16.8. The number of anilines is 1. The Morgan fingerprint density at radius 3 is 2.08 bits per heavy atom. The molecule has 2 atom stereocenters. The fraction of sp³-hybridized carbons (Fsp3) is 0.354. The second kappa shape index (κ2) is 22.5. The second-order valence-corrected chi connectivity index (χ2v) is 17.6. The maximum atomic E-state index is 14.0. The lowest BCUT2D eigenvalue weighted by molar-refractivity contribution is -0.132. The summed E-state index contributed by atoms with van der Waals surface area (Å²) in [4.78, 5) is 69.1. The highest BCUT2D eigenvalue weighted by molar-refractivity contribution is 6.36. The molecule has 1 aromatic heterocycles. The van der Waals surface area contributed by atoms with Gasteiger partial charge in [0.05, 0.1) is 18.6 Å². The quantitative estimate of drug-likeness (QED) is 0.0541. The number of aromatic nitrogens is 1. The minimum Gasteiger partial charge on any atom is -0.444 e. The number of carbonyl (C=O) groups is 5. The van der Waals surface area contributed by atoms with Gasteiger partial charge in [0, 0.05) is 58.9 Å². The highest BCUT2D eigenvalue weighted by atomic mass is 35.5. The van der Waals surface area contributed by atoms with Crippen molar-refractivity contribution < 1.29 is 28.7 Å². The molecule has 64 heavy (non-hydrogen) atoms. The van der Waals surface area contributed by atoms with Gasteiger partial charge in [-0.15, -0.1) is 0 Å². The number of hydrogen-bond donors (Lipinski definition) is 6. The van der Waals surface area contributed by atoms with Crippen molar-refractivity contribution in [3.8, 4) is 0 Å². The Morgan fingerprint density at radius 1 is 0.734 bits per heavy atom. The molecule has 1 aliphatic heterocycles. The van der Waals surface area contributed by atoms with Crippen LogP contribution in [0.1, 0.15) is 62.3 Å². The summed E-state index contributed by atoms with van der Waals surface area (Å²) in [5, 5.41) is 18.5. The van der Waals surface area contributed by atoms with Gasteiger partial charge in [0.15, 0.2) is 0 Å². The van der Waals surface area contributed by atoms with Crippen LogP contribution >= 0.6 is 23.2 Å². The first-order valence-corrected chi connectivity index (χ1v) is 22.2. The number of rotatable bonds is 18. The molecule has 14 nitrogen and oxygen atoms in total. The van der Waals surface area contributed by atoms with Gasteiger partial charge in [-0.2, -0.15) is 0 Å². The SMILES string of the molecule is CC(C)(C)OC(=O)NCC[C@H](NC(=O)CNC(=O)Nc1ccc2c(CN3CCCC3)cn(Cc3c(Cl)cccc3Cl)c2c1)C(=O)N[C@@H](Cc1ccccc1)C(=O)NCc1ccccc1. The van der Waals surface area contributed by atoms with E-state index in [-0.39, 0.29) is 25.9 Å². The zero-order valence-corrected chi connectivity index (χ0v) is 37.9. The van der Waals surface area contributed by atoms with Crippen LogP contribution in [0.25, 0.3) is 10.9 Å². The standard InChI is InChI=1S/C48H56Cl2N8O6/c1-48(2,3)64-47(63)51-22-21-40(45(61)56-41(25-32-13-6-4-7-14-32)44(60)52-27-33-15-8-5-9-16-33)55-43(59)28-53-46(62)54-35-19-20-36-34(29-57-23-10-11-24-57)30-58(42(36)26-35)31-37-38(49)17-12-18-39(37)50/h4-9,12-20,26,30,40-41H,10-11,21-25,27-29,31H2,1-3H3,(H,51,63)(H,52,60)(H,55,59)(H,56,61)(H2,53,54,62)/t40-,41-/m0/s1. The van der Waals surface area contributed by atoms with E-state index < -0.39 is 54.1 Å². The van der Waals surface area contributed by atoms with E-state index >= 15 is 0 Å². The molecule has 0 radical (unpaired) electrons. The van der Waals surface area contributed by atoms with Gasteiger partial charge in [-0.1, -0.05) is 96.0 Å². The van der Waals surface area contributed by atoms with Crippen molar-refractivity contribution in [3.05, 3.63) is 136 Å². The van der Waals surface area contributed by atoms with E-state index in [2.05, 4.69) is 47.6 Å². The van der Waals surface area contributed by atoms with Gasteiger partial charge >= 0.3 is 12.1 Å². The number of urea groups is 1. The number of ether oxygens (including phenoxy) is 1. The molecule has 6 amide bonds. The summed E-state index contributed by atoms with van der Waals surface area (Å²) in [6, 6.07) is 26.8. The Bertz CT molecular complexity index is 2380. The molecule has 0 saturated carbocycles. The smallest absolute Gasteiger partial charge is 0.407 e. The third kappa shape index (κ3) is 14.2. The number of halogens is 2. The molecule has 1 saturated heterocycles. The van der Waals surface area contributed by atoms with Crippen molar-refractivity contribution >= 4 is 69.6 Å². The Labute approximate surface area is 383 Å². The molecule has 0 spiro atoms. The maximum absolute atomic E-state index is 14.0. The Morgan fingerprint density at radius 2 is 1.41 bits per heavy atom. The monoisotopic (exact) mass is 910 g/mol. The van der Waals surface area contributed by atoms with Gasteiger partial charge in [-0.05, 0) is 94.1 Å². The van der Waals surface area contributed by atoms with Crippen LogP contribution in [-0.4, -0.2) is 83.2 Å². The fourth-order valence-electron chi connectivity index (χ4n) is 7.46. The van der Waals surface area contributed by atoms with Crippen LogP contribution in [0.4, 0.5) is 15.3 Å². The third-order valence-corrected chi connectivity index (χ3v) is 11.3. The molecule has 6 N–H and O–H groups in total. The van der Waals surface area contributed by atoms with E-state index in [0.29, 0.717) is 22.3 Å². The van der Waals surface area contributed by atoms with Crippen LogP contribution in [0, 0.1) is 0 Å². The minimum absolute atomic E-state index is 0.0443. The summed E-state index contributed by atoms with van der Waals surface area (Å²) < 4.78 is 7.41. The summed E-state index contributed by atoms with van der Waals surface area (Å²) in [6.07, 6.45) is 3.86. The lowest BCUT2D eigenvalue weighted by Crippen LogP contribution is -2.56. The number of alkyl carbamates (subject to hydrolysis) is 1. The molecule has 0 bridgehead atoms. The van der Waals surface area contributed by atoms with Gasteiger partial charge in [0.2, 0.25) is 17.7 Å². The molecule has 2 heterocycles. The molecule has 0 unspecified atom stereocenters. The first kappa shape index (κ1) is 47.4. The summed E-state index contributed by atoms with van der Waals surface area (Å²) in [6.45, 7) is 8.16. The van der Waals surface area contributed by atoms with E-state index in [4.69, 9.17) is 27.9 Å². The molecule has 16 heteroatoms. The Kier molecular flexibility index (Phi) is 16.7. The van der Waals surface area contributed by atoms with Crippen molar-refractivity contribution in [2.24, 2.45) is 0 Å². The van der Waals surface area contributed by atoms with Crippen molar-refractivity contribution in [2.45, 2.75) is 83.8 Å². The van der Waals surface area contributed by atoms with Gasteiger partial charge in [0.25, 0.3) is 0 Å². The molecule has 0 aliphatic carbocycles. The van der Waals surface area contributed by atoms with Gasteiger partial charge in [-0.3, -0.25) is 19.3 Å². The van der Waals surface area contributed by atoms with Gasteiger partial charge in [-0.25, -0.2) is 9.59 Å². The molecule has 1 fully saturated rings. The minimum atomic E-state index is -1.20. The van der Waals surface area contributed by atoms with Crippen LogP contribution < -0.4 is 31.9 Å². The van der Waals surface area contributed by atoms with Crippen LogP contribution in [-0.2, 0) is 45.2 Å². The van der Waals surface area contributed by atoms with Crippen LogP contribution in [0.5, 0.6) is 0 Å². The van der Waals surface area contributed by atoms with E-state index in [1.165, 1.54) is 0 Å². The average Bonchev–Trinajstić information content (AvgIpc) is 3.90. The number of nitrogens with zero attached hydrogens (tertiary/aromatic N) is 2. The number of benzene rings is 4. The summed E-state index contributed by atoms with van der Waals surface area (Å²) in [5.74, 6) is -1.75. The topological polar surface area (TPSA) is 175 Å². The lowest BCUT2D eigenvalue weighted by Gasteiger charge is -2.24. The van der Waals surface area contributed by atoms with Gasteiger partial charge in [0.1, 0.15) is 17.7 Å². The number of hydrogen-bond acceptors (Lipinski definition) is 7. The van der Waals surface area contributed by atoms with Crippen LogP contribution in [0.2, 0.25) is 10.0 Å². The van der Waals surface area contributed by atoms with Crippen molar-refractivity contribution in [1.29, 1.82) is 0 Å². The highest BCUT2D eigenvalue weighted by Crippen LogP contribution is 2.31. The predicted molar refractivity (Wildman–Crippen MR) is 250 cm³/mol. The molecule has 4 aromatic carbocycles. The first-order valence-electron chi connectivity index (χ1n) is 21.4. The van der Waals surface area contributed by atoms with Crippen LogP contribution in [0.15, 0.2) is 103 Å². The number of nitrogens with one attached hydrogen (secondary N) is 6. The number of likely N-dealkylation sites (tertiary alicyclic amines) is 1. The lowest BCUT2D eigenvalue weighted by atomic mass is 10.0. The number of carbonyl (C=O) groups excluding carboxylic acids is 5. The zero-order chi connectivity index (χ0) is 45.6. The van der Waals surface area contributed by atoms with Gasteiger partial charge < -0.3 is 41.2 Å². The largest absolute Gasteiger partial charge is 0.444 e. The number of fused-ring (bicyclic) bond motifs is 1. The average molecular weight is 912 g/mol. The van der Waals surface area contributed by atoms with E-state index in [0.717, 1.165) is 65.6 Å². The normalized spacial score (nSPS) is 13.7. The molecule has 5 aromatic rings. The molecule has 6 rings (SSSR count). The third-order valence-electron chi connectivity index (χ3n) is 10.6. The number of amides is 6. The van der Waals surface area contributed by atoms with Crippen molar-refractivity contribution in [2.75, 3.05) is 31.5 Å². The zero-order valence-electron chi connectivity index (χ0n) is 36.3. The predicted octanol–water partition coefficient (Wildman–Crippen LogP) is 7.16. The molecular formula is C48H56Cl2N8O6. The molecule has 338 valence electrons. The fourth-order valence-corrected chi connectivity index (χ4v) is 7.98. The summed E-state index contributed by atoms with van der Waals surface area (Å²) in [5.41, 5.74) is 4.22. The van der Waals surface area contributed by atoms with E-state index in [1.54, 1.807) is 39.0 Å². The van der Waals surface area contributed by atoms with Crippen molar-refractivity contribution in [1.82, 2.24) is 36.1 Å². The maximum Gasteiger partial charge on any atom is 0.407 e. The van der Waals surface area contributed by atoms with Crippen molar-refractivity contribution in [3.63, 3.8) is 0 Å². The summed E-state index contributed by atoms with van der Waals surface area (Å²) >= 11 is 13.1. The Hall–Kier alpha value is -6.09. The highest BCUT2D eigenvalue weighted by Gasteiger charge is 2.28. The van der Waals surface area contributed by atoms with Crippen LogP contribution in [0.3, 0.4) is 0 Å². The van der Waals surface area contributed by atoms with E-state index in [1.807, 2.05) is 78.9 Å². The summed E-state index contributed by atoms with van der Waals surface area (Å²) in [7, 11) is 0. The first-order chi connectivity index (χ1) is 30.7. The molecule has 1 aliphatic rings. The Balaban J connectivity index is 1.12.